The van der Waals surface area contributed by atoms with Crippen molar-refractivity contribution in [2.45, 2.75) is 31.2 Å². The number of nitrogens with one attached hydrogen (secondary N) is 1. The standard InChI is InChI=1S/C13H22N2OS/c1-15-7-3-4-11(15)8-14-9-12-5-6-13(16-12)10-17-2/h5-6,11,14H,3-4,7-10H2,1-2H3. The summed E-state index contributed by atoms with van der Waals surface area (Å²) in [6.45, 7) is 3.15. The number of likely N-dealkylation sites (N-methyl/N-ethyl adjacent to an activating group) is 1. The summed E-state index contributed by atoms with van der Waals surface area (Å²) in [5.74, 6) is 3.09. The summed E-state index contributed by atoms with van der Waals surface area (Å²) in [6, 6.07) is 4.86. The van der Waals surface area contributed by atoms with Gasteiger partial charge in [-0.3, -0.25) is 0 Å². The van der Waals surface area contributed by atoms with Crippen LogP contribution < -0.4 is 5.32 Å². The highest BCUT2D eigenvalue weighted by Gasteiger charge is 2.19. The van der Waals surface area contributed by atoms with Gasteiger partial charge < -0.3 is 14.6 Å². The first-order valence-corrected chi connectivity index (χ1v) is 7.66. The van der Waals surface area contributed by atoms with Gasteiger partial charge in [-0.15, -0.1) is 0 Å². The Morgan fingerprint density at radius 2 is 2.29 bits per heavy atom. The first kappa shape index (κ1) is 13.0. The van der Waals surface area contributed by atoms with Gasteiger partial charge in [-0.05, 0) is 44.8 Å². The van der Waals surface area contributed by atoms with Gasteiger partial charge in [0.05, 0.1) is 12.3 Å². The second-order valence-electron chi connectivity index (χ2n) is 4.71. The molecule has 4 heteroatoms. The van der Waals surface area contributed by atoms with E-state index in [-0.39, 0.29) is 0 Å². The summed E-state index contributed by atoms with van der Waals surface area (Å²) in [7, 11) is 2.21. The molecule has 1 aromatic rings. The van der Waals surface area contributed by atoms with Crippen LogP contribution in [0.5, 0.6) is 0 Å². The average molecular weight is 254 g/mol. The Balaban J connectivity index is 1.70. The Labute approximate surface area is 108 Å². The molecule has 0 spiro atoms. The lowest BCUT2D eigenvalue weighted by Gasteiger charge is -2.19. The summed E-state index contributed by atoms with van der Waals surface area (Å²) >= 11 is 1.79. The highest BCUT2D eigenvalue weighted by atomic mass is 32.2. The molecular formula is C13H22N2OS. The third-order valence-corrected chi connectivity index (χ3v) is 3.93. The molecular weight excluding hydrogens is 232 g/mol. The van der Waals surface area contributed by atoms with Crippen molar-refractivity contribution in [3.63, 3.8) is 0 Å². The fourth-order valence-electron chi connectivity index (χ4n) is 2.34. The predicted molar refractivity (Wildman–Crippen MR) is 73.3 cm³/mol. The molecule has 1 unspecified atom stereocenters. The van der Waals surface area contributed by atoms with Crippen LogP contribution in [0.4, 0.5) is 0 Å². The lowest BCUT2D eigenvalue weighted by atomic mass is 10.2. The third kappa shape index (κ3) is 3.76. The van der Waals surface area contributed by atoms with E-state index < -0.39 is 0 Å². The molecule has 1 atom stereocenters. The summed E-state index contributed by atoms with van der Waals surface area (Å²) < 4.78 is 5.72. The van der Waals surface area contributed by atoms with Crippen LogP contribution in [0.15, 0.2) is 16.5 Å². The van der Waals surface area contributed by atoms with E-state index in [0.717, 1.165) is 30.4 Å². The molecule has 1 fully saturated rings. The van der Waals surface area contributed by atoms with Gasteiger partial charge in [-0.2, -0.15) is 11.8 Å². The number of rotatable bonds is 6. The topological polar surface area (TPSA) is 28.4 Å². The quantitative estimate of drug-likeness (QED) is 0.843. The third-order valence-electron chi connectivity index (χ3n) is 3.35. The molecule has 96 valence electrons. The van der Waals surface area contributed by atoms with E-state index in [4.69, 9.17) is 4.42 Å². The molecule has 0 aromatic carbocycles. The van der Waals surface area contributed by atoms with E-state index in [9.17, 15) is 0 Å². The van der Waals surface area contributed by atoms with Crippen LogP contribution in [0, 0.1) is 0 Å². The first-order valence-electron chi connectivity index (χ1n) is 6.27. The van der Waals surface area contributed by atoms with Crippen LogP contribution >= 0.6 is 11.8 Å². The number of nitrogens with zero attached hydrogens (tertiary/aromatic N) is 1. The van der Waals surface area contributed by atoms with Crippen molar-refractivity contribution in [1.82, 2.24) is 10.2 Å². The van der Waals surface area contributed by atoms with Gasteiger partial charge in [0.25, 0.3) is 0 Å². The van der Waals surface area contributed by atoms with E-state index in [2.05, 4.69) is 35.7 Å². The van der Waals surface area contributed by atoms with Gasteiger partial charge in [-0.25, -0.2) is 0 Å². The van der Waals surface area contributed by atoms with Gasteiger partial charge in [0.2, 0.25) is 0 Å². The van der Waals surface area contributed by atoms with Crippen molar-refractivity contribution < 1.29 is 4.42 Å². The number of thioether (sulfide) groups is 1. The van der Waals surface area contributed by atoms with Crippen LogP contribution in [-0.2, 0) is 12.3 Å². The highest BCUT2D eigenvalue weighted by Crippen LogP contribution is 2.15. The van der Waals surface area contributed by atoms with E-state index in [0.29, 0.717) is 6.04 Å². The Kier molecular flexibility index (Phi) is 4.95. The molecule has 0 aliphatic carbocycles. The van der Waals surface area contributed by atoms with E-state index in [1.807, 2.05) is 0 Å². The molecule has 0 saturated carbocycles. The number of hydrogen-bond acceptors (Lipinski definition) is 4. The SMILES string of the molecule is CSCc1ccc(CNCC2CCCN2C)o1. The maximum atomic E-state index is 5.72. The number of likely N-dealkylation sites (tertiary alicyclic amines) is 1. The zero-order chi connectivity index (χ0) is 12.1. The van der Waals surface area contributed by atoms with Gasteiger partial charge >= 0.3 is 0 Å². The van der Waals surface area contributed by atoms with Gasteiger partial charge in [-0.1, -0.05) is 0 Å². The van der Waals surface area contributed by atoms with Crippen molar-refractivity contribution in [2.24, 2.45) is 0 Å². The second kappa shape index (κ2) is 6.47. The fraction of sp³-hybridized carbons (Fsp3) is 0.692. The zero-order valence-corrected chi connectivity index (χ0v) is 11.6. The van der Waals surface area contributed by atoms with Crippen LogP contribution in [0.2, 0.25) is 0 Å². The molecule has 1 aliphatic heterocycles. The monoisotopic (exact) mass is 254 g/mol. The Hall–Kier alpha value is -0.450. The molecule has 2 heterocycles. The predicted octanol–water partition coefficient (Wildman–Crippen LogP) is 2.33. The van der Waals surface area contributed by atoms with Gasteiger partial charge in [0.1, 0.15) is 11.5 Å². The Bertz CT molecular complexity index is 340. The summed E-state index contributed by atoms with van der Waals surface area (Å²) in [6.07, 6.45) is 4.75. The van der Waals surface area contributed by atoms with Crippen LogP contribution in [0.1, 0.15) is 24.4 Å². The molecule has 0 bridgehead atoms. The normalized spacial score (nSPS) is 21.2. The molecule has 1 N–H and O–H groups in total. The summed E-state index contributed by atoms with van der Waals surface area (Å²) in [5, 5.41) is 3.49. The minimum atomic E-state index is 0.704. The number of hydrogen-bond donors (Lipinski definition) is 1. The van der Waals surface area contributed by atoms with Crippen molar-refractivity contribution in [2.75, 3.05) is 26.4 Å². The van der Waals surface area contributed by atoms with E-state index >= 15 is 0 Å². The molecule has 1 aliphatic rings. The van der Waals surface area contributed by atoms with Crippen molar-refractivity contribution >= 4 is 11.8 Å². The summed E-state index contributed by atoms with van der Waals surface area (Å²) in [4.78, 5) is 2.44. The highest BCUT2D eigenvalue weighted by molar-refractivity contribution is 7.97. The van der Waals surface area contributed by atoms with Crippen LogP contribution in [-0.4, -0.2) is 37.3 Å². The molecule has 2 rings (SSSR count). The van der Waals surface area contributed by atoms with Crippen molar-refractivity contribution in [3.05, 3.63) is 23.7 Å². The van der Waals surface area contributed by atoms with Crippen molar-refractivity contribution in [3.8, 4) is 0 Å². The van der Waals surface area contributed by atoms with Crippen LogP contribution in [0.3, 0.4) is 0 Å². The Morgan fingerprint density at radius 1 is 1.47 bits per heavy atom. The number of furan rings is 1. The van der Waals surface area contributed by atoms with Gasteiger partial charge in [0.15, 0.2) is 0 Å². The lowest BCUT2D eigenvalue weighted by Crippen LogP contribution is -2.35. The molecule has 0 radical (unpaired) electrons. The largest absolute Gasteiger partial charge is 0.464 e. The first-order chi connectivity index (χ1) is 8.29. The van der Waals surface area contributed by atoms with Crippen LogP contribution in [0.25, 0.3) is 0 Å². The Morgan fingerprint density at radius 3 is 3.00 bits per heavy atom. The molecule has 17 heavy (non-hydrogen) atoms. The maximum absolute atomic E-state index is 5.72. The smallest absolute Gasteiger partial charge is 0.118 e. The fourth-order valence-corrected chi connectivity index (χ4v) is 2.78. The summed E-state index contributed by atoms with van der Waals surface area (Å²) in [5.41, 5.74) is 0. The van der Waals surface area contributed by atoms with Crippen molar-refractivity contribution in [1.29, 1.82) is 0 Å². The molecule has 1 saturated heterocycles. The van der Waals surface area contributed by atoms with E-state index in [1.54, 1.807) is 11.8 Å². The van der Waals surface area contributed by atoms with E-state index in [1.165, 1.54) is 19.4 Å². The molecule has 0 amide bonds. The minimum absolute atomic E-state index is 0.704. The average Bonchev–Trinajstić information content (AvgIpc) is 2.90. The maximum Gasteiger partial charge on any atom is 0.118 e. The molecule has 3 nitrogen and oxygen atoms in total. The molecule has 1 aromatic heterocycles. The zero-order valence-electron chi connectivity index (χ0n) is 10.7. The second-order valence-corrected chi connectivity index (χ2v) is 5.57. The minimum Gasteiger partial charge on any atom is -0.464 e. The lowest BCUT2D eigenvalue weighted by molar-refractivity contribution is 0.297. The van der Waals surface area contributed by atoms with Gasteiger partial charge in [0, 0.05) is 12.6 Å².